The molecule has 1 rings (SSSR count). The van der Waals surface area contributed by atoms with Gasteiger partial charge >= 0.3 is 0 Å². The van der Waals surface area contributed by atoms with Gasteiger partial charge in [-0.25, -0.2) is 5.43 Å². The van der Waals surface area contributed by atoms with E-state index in [4.69, 9.17) is 0 Å². The van der Waals surface area contributed by atoms with Crippen molar-refractivity contribution in [3.05, 3.63) is 29.8 Å². The molecule has 2 N–H and O–H groups in total. The predicted octanol–water partition coefficient (Wildman–Crippen LogP) is 3.19. The normalized spacial score (nSPS) is 10.9. The standard InChI is InChI=1S/C16H23N3O2/c1-4-5-6-15(20)18-14-9-7-13(8-10-14)16(21)19-17-11-12(2)3/h7-12H,4-6H2,1-3H3,(H,18,20)(H,19,21). The zero-order valence-corrected chi connectivity index (χ0v) is 12.8. The van der Waals surface area contributed by atoms with Gasteiger partial charge in [-0.1, -0.05) is 27.2 Å². The molecule has 0 aromatic heterocycles. The second kappa shape index (κ2) is 8.89. The monoisotopic (exact) mass is 289 g/mol. The number of nitrogens with zero attached hydrogens (tertiary/aromatic N) is 1. The highest BCUT2D eigenvalue weighted by Crippen LogP contribution is 2.10. The molecule has 5 nitrogen and oxygen atoms in total. The Morgan fingerprint density at radius 1 is 1.24 bits per heavy atom. The van der Waals surface area contributed by atoms with Crippen molar-refractivity contribution in [2.75, 3.05) is 5.32 Å². The van der Waals surface area contributed by atoms with Crippen LogP contribution in [-0.2, 0) is 4.79 Å². The number of benzene rings is 1. The van der Waals surface area contributed by atoms with Gasteiger partial charge in [-0.2, -0.15) is 5.10 Å². The molecule has 0 atom stereocenters. The fourth-order valence-electron chi connectivity index (χ4n) is 1.58. The summed E-state index contributed by atoms with van der Waals surface area (Å²) < 4.78 is 0. The highest BCUT2D eigenvalue weighted by Gasteiger charge is 2.05. The summed E-state index contributed by atoms with van der Waals surface area (Å²) in [6, 6.07) is 6.75. The van der Waals surface area contributed by atoms with Gasteiger partial charge < -0.3 is 5.32 Å². The topological polar surface area (TPSA) is 70.6 Å². The van der Waals surface area contributed by atoms with Crippen molar-refractivity contribution >= 4 is 23.7 Å². The van der Waals surface area contributed by atoms with Crippen LogP contribution in [0.15, 0.2) is 29.4 Å². The van der Waals surface area contributed by atoms with Gasteiger partial charge in [0.05, 0.1) is 0 Å². The number of anilines is 1. The molecule has 21 heavy (non-hydrogen) atoms. The summed E-state index contributed by atoms with van der Waals surface area (Å²) >= 11 is 0. The largest absolute Gasteiger partial charge is 0.326 e. The van der Waals surface area contributed by atoms with E-state index in [1.54, 1.807) is 30.5 Å². The van der Waals surface area contributed by atoms with Crippen LogP contribution in [0.2, 0.25) is 0 Å². The summed E-state index contributed by atoms with van der Waals surface area (Å²) in [6.45, 7) is 6.00. The average Bonchev–Trinajstić information content (AvgIpc) is 2.45. The maximum Gasteiger partial charge on any atom is 0.271 e. The molecule has 0 unspecified atom stereocenters. The van der Waals surface area contributed by atoms with E-state index < -0.39 is 0 Å². The third-order valence-electron chi connectivity index (χ3n) is 2.73. The number of hydrogen-bond acceptors (Lipinski definition) is 3. The summed E-state index contributed by atoms with van der Waals surface area (Å²) in [7, 11) is 0. The number of carbonyl (C=O) groups is 2. The van der Waals surface area contributed by atoms with Gasteiger partial charge in [-0.05, 0) is 36.6 Å². The van der Waals surface area contributed by atoms with Gasteiger partial charge in [0.2, 0.25) is 5.91 Å². The minimum absolute atomic E-state index is 0.00409. The number of unbranched alkanes of at least 4 members (excludes halogenated alkanes) is 1. The number of carbonyl (C=O) groups excluding carboxylic acids is 2. The van der Waals surface area contributed by atoms with E-state index >= 15 is 0 Å². The van der Waals surface area contributed by atoms with Crippen molar-refractivity contribution < 1.29 is 9.59 Å². The van der Waals surface area contributed by atoms with Gasteiger partial charge in [0, 0.05) is 23.9 Å². The Bertz CT molecular complexity index is 493. The summed E-state index contributed by atoms with van der Waals surface area (Å²) in [5.41, 5.74) is 3.66. The lowest BCUT2D eigenvalue weighted by Crippen LogP contribution is -2.18. The molecule has 1 aromatic rings. The first-order chi connectivity index (χ1) is 10.0. The molecular formula is C16H23N3O2. The quantitative estimate of drug-likeness (QED) is 0.598. The first-order valence-electron chi connectivity index (χ1n) is 7.26. The average molecular weight is 289 g/mol. The highest BCUT2D eigenvalue weighted by molar-refractivity contribution is 5.95. The molecule has 0 fully saturated rings. The summed E-state index contributed by atoms with van der Waals surface area (Å²) in [5.74, 6) is 0.0114. The molecular weight excluding hydrogens is 266 g/mol. The van der Waals surface area contributed by atoms with Crippen molar-refractivity contribution in [2.24, 2.45) is 11.0 Å². The lowest BCUT2D eigenvalue weighted by Gasteiger charge is -2.06. The molecule has 0 bridgehead atoms. The van der Waals surface area contributed by atoms with Crippen molar-refractivity contribution in [3.63, 3.8) is 0 Å². The molecule has 0 radical (unpaired) electrons. The molecule has 0 heterocycles. The van der Waals surface area contributed by atoms with Crippen LogP contribution in [-0.4, -0.2) is 18.0 Å². The first kappa shape index (κ1) is 16.9. The Kier molecular flexibility index (Phi) is 7.15. The van der Waals surface area contributed by atoms with E-state index in [-0.39, 0.29) is 17.7 Å². The molecule has 2 amide bonds. The summed E-state index contributed by atoms with van der Waals surface area (Å²) in [6.07, 6.45) is 4.05. The van der Waals surface area contributed by atoms with Crippen molar-refractivity contribution in [1.29, 1.82) is 0 Å². The minimum atomic E-state index is -0.268. The van der Waals surface area contributed by atoms with Crippen molar-refractivity contribution in [3.8, 4) is 0 Å². The molecule has 0 saturated heterocycles. The maximum absolute atomic E-state index is 11.8. The third kappa shape index (κ3) is 6.70. The number of amides is 2. The van der Waals surface area contributed by atoms with Crippen LogP contribution in [0, 0.1) is 5.92 Å². The third-order valence-corrected chi connectivity index (χ3v) is 2.73. The lowest BCUT2D eigenvalue weighted by atomic mass is 10.2. The molecule has 0 aliphatic rings. The van der Waals surface area contributed by atoms with E-state index in [1.165, 1.54) is 0 Å². The fraction of sp³-hybridized carbons (Fsp3) is 0.438. The Morgan fingerprint density at radius 3 is 2.48 bits per heavy atom. The summed E-state index contributed by atoms with van der Waals surface area (Å²) in [5, 5.41) is 6.66. The van der Waals surface area contributed by atoms with E-state index in [1.807, 2.05) is 20.8 Å². The molecule has 0 aliphatic heterocycles. The Hall–Kier alpha value is -2.17. The van der Waals surface area contributed by atoms with Crippen molar-refractivity contribution in [1.82, 2.24) is 5.43 Å². The zero-order valence-electron chi connectivity index (χ0n) is 12.8. The van der Waals surface area contributed by atoms with Crippen LogP contribution in [0.4, 0.5) is 5.69 Å². The molecule has 5 heteroatoms. The second-order valence-electron chi connectivity index (χ2n) is 5.19. The number of hydrazone groups is 1. The first-order valence-corrected chi connectivity index (χ1v) is 7.26. The Morgan fingerprint density at radius 2 is 1.90 bits per heavy atom. The minimum Gasteiger partial charge on any atom is -0.326 e. The lowest BCUT2D eigenvalue weighted by molar-refractivity contribution is -0.116. The van der Waals surface area contributed by atoms with E-state index in [0.29, 0.717) is 17.7 Å². The number of hydrogen-bond donors (Lipinski definition) is 2. The van der Waals surface area contributed by atoms with Crippen LogP contribution in [0.3, 0.4) is 0 Å². The van der Waals surface area contributed by atoms with Crippen LogP contribution in [0.25, 0.3) is 0 Å². The van der Waals surface area contributed by atoms with Gasteiger partial charge in [-0.3, -0.25) is 9.59 Å². The highest BCUT2D eigenvalue weighted by atomic mass is 16.2. The Labute approximate surface area is 125 Å². The smallest absolute Gasteiger partial charge is 0.271 e. The number of nitrogens with one attached hydrogen (secondary N) is 2. The maximum atomic E-state index is 11.8. The summed E-state index contributed by atoms with van der Waals surface area (Å²) in [4.78, 5) is 23.4. The number of rotatable bonds is 7. The van der Waals surface area contributed by atoms with E-state index in [0.717, 1.165) is 12.8 Å². The van der Waals surface area contributed by atoms with Gasteiger partial charge in [0.25, 0.3) is 5.91 Å². The SMILES string of the molecule is CCCCC(=O)Nc1ccc(C(=O)NN=CC(C)C)cc1. The van der Waals surface area contributed by atoms with Gasteiger partial charge in [0.15, 0.2) is 0 Å². The van der Waals surface area contributed by atoms with Crippen molar-refractivity contribution in [2.45, 2.75) is 40.0 Å². The molecule has 114 valence electrons. The van der Waals surface area contributed by atoms with Crippen LogP contribution >= 0.6 is 0 Å². The predicted molar refractivity (Wildman–Crippen MR) is 85.4 cm³/mol. The Balaban J connectivity index is 2.53. The van der Waals surface area contributed by atoms with E-state index in [9.17, 15) is 9.59 Å². The van der Waals surface area contributed by atoms with Crippen LogP contribution in [0.5, 0.6) is 0 Å². The van der Waals surface area contributed by atoms with Crippen LogP contribution in [0.1, 0.15) is 50.4 Å². The second-order valence-corrected chi connectivity index (χ2v) is 5.19. The van der Waals surface area contributed by atoms with E-state index in [2.05, 4.69) is 15.8 Å². The fourth-order valence-corrected chi connectivity index (χ4v) is 1.58. The molecule has 1 aromatic carbocycles. The zero-order chi connectivity index (χ0) is 15.7. The molecule has 0 spiro atoms. The van der Waals surface area contributed by atoms with Gasteiger partial charge in [-0.15, -0.1) is 0 Å². The van der Waals surface area contributed by atoms with Gasteiger partial charge in [0.1, 0.15) is 0 Å². The molecule has 0 saturated carbocycles. The molecule has 0 aliphatic carbocycles. The van der Waals surface area contributed by atoms with Crippen LogP contribution < -0.4 is 10.7 Å².